The predicted molar refractivity (Wildman–Crippen MR) is 145 cm³/mol. The van der Waals surface area contributed by atoms with Gasteiger partial charge in [-0.2, -0.15) is 0 Å². The van der Waals surface area contributed by atoms with E-state index in [-0.39, 0.29) is 5.97 Å². The molecule has 0 amide bonds. The lowest BCUT2D eigenvalue weighted by Gasteiger charge is -2.38. The first-order chi connectivity index (χ1) is 18.1. The molecule has 37 heavy (non-hydrogen) atoms. The van der Waals surface area contributed by atoms with E-state index in [0.29, 0.717) is 28.0 Å². The first-order valence-corrected chi connectivity index (χ1v) is 13.3. The molecule has 1 N–H and O–H groups in total. The number of rotatable bonds is 3. The second kappa shape index (κ2) is 8.67. The Morgan fingerprint density at radius 1 is 0.811 bits per heavy atom. The smallest absolute Gasteiger partial charge is 0.340 e. The summed E-state index contributed by atoms with van der Waals surface area (Å²) in [6.07, 6.45) is 6.41. The molecule has 1 saturated carbocycles. The van der Waals surface area contributed by atoms with Crippen LogP contribution in [0.25, 0.3) is 0 Å². The fourth-order valence-corrected chi connectivity index (χ4v) is 6.43. The number of halogens is 1. The number of esters is 1. The number of anilines is 2. The Morgan fingerprint density at radius 2 is 1.65 bits per heavy atom. The highest BCUT2D eigenvalue weighted by Gasteiger charge is 2.54. The number of hydrogen-bond donors (Lipinski definition) is 1. The molecule has 0 radical (unpaired) electrons. The molecule has 3 aliphatic rings. The molecule has 1 unspecified atom stereocenters. The van der Waals surface area contributed by atoms with Crippen LogP contribution in [0.1, 0.15) is 70.6 Å². The topological polar surface area (TPSA) is 47.6 Å². The Bertz CT molecular complexity index is 1540. The van der Waals surface area contributed by atoms with E-state index in [1.165, 1.54) is 37.7 Å². The van der Waals surface area contributed by atoms with Gasteiger partial charge in [-0.1, -0.05) is 67.3 Å². The number of nitrogens with one attached hydrogen (secondary N) is 1. The van der Waals surface area contributed by atoms with Crippen molar-refractivity contribution < 1.29 is 14.3 Å². The van der Waals surface area contributed by atoms with Gasteiger partial charge < -0.3 is 14.8 Å². The van der Waals surface area contributed by atoms with Gasteiger partial charge in [0.05, 0.1) is 16.8 Å². The van der Waals surface area contributed by atoms with Crippen molar-refractivity contribution in [2.24, 2.45) is 0 Å². The number of ether oxygens (including phenoxy) is 2. The van der Waals surface area contributed by atoms with Crippen LogP contribution in [-0.4, -0.2) is 5.97 Å². The molecule has 4 nitrogen and oxygen atoms in total. The van der Waals surface area contributed by atoms with Crippen molar-refractivity contribution in [2.75, 3.05) is 5.32 Å². The maximum Gasteiger partial charge on any atom is 0.340 e. The lowest BCUT2D eigenvalue weighted by molar-refractivity contribution is 0.0227. The van der Waals surface area contributed by atoms with E-state index >= 15 is 0 Å². The predicted octanol–water partition coefficient (Wildman–Crippen LogP) is 8.70. The van der Waals surface area contributed by atoms with Crippen LogP contribution >= 0.6 is 11.6 Å². The third-order valence-corrected chi connectivity index (χ3v) is 8.17. The SMILES string of the molecule is O=C1OC2(c3ccc(Cl)cc3Oc3cccc(Nc4cccc(C5CCCCC5)c4)c32)c2ccccc21. The van der Waals surface area contributed by atoms with Crippen LogP contribution in [-0.2, 0) is 10.3 Å². The first-order valence-electron chi connectivity index (χ1n) is 12.9. The minimum atomic E-state index is -1.15. The molecule has 1 aliphatic carbocycles. The van der Waals surface area contributed by atoms with Crippen LogP contribution in [0.3, 0.4) is 0 Å². The molecular formula is C32H26ClNO3. The van der Waals surface area contributed by atoms with Gasteiger partial charge in [0.25, 0.3) is 0 Å². The van der Waals surface area contributed by atoms with Crippen molar-refractivity contribution in [2.45, 2.75) is 43.6 Å². The third-order valence-electron chi connectivity index (χ3n) is 7.94. The zero-order chi connectivity index (χ0) is 25.0. The summed E-state index contributed by atoms with van der Waals surface area (Å²) in [7, 11) is 0. The summed E-state index contributed by atoms with van der Waals surface area (Å²) in [6.45, 7) is 0. The normalized spacial score (nSPS) is 20.0. The van der Waals surface area contributed by atoms with Crippen LogP contribution in [0.5, 0.6) is 11.5 Å². The summed E-state index contributed by atoms with van der Waals surface area (Å²) in [5.74, 6) is 1.47. The van der Waals surface area contributed by atoms with Gasteiger partial charge in [0.1, 0.15) is 11.5 Å². The molecule has 4 aromatic carbocycles. The van der Waals surface area contributed by atoms with E-state index in [4.69, 9.17) is 21.1 Å². The summed E-state index contributed by atoms with van der Waals surface area (Å²) >= 11 is 6.35. The second-order valence-corrected chi connectivity index (χ2v) is 10.6. The standard InChI is InChI=1S/C32H26ClNO3/c33-22-16-17-26-29(19-22)36-28-15-7-14-27(30(28)32(26)25-13-5-4-12-24(25)31(35)37-32)34-23-11-6-10-21(18-23)20-8-2-1-3-9-20/h4-7,10-20,34H,1-3,8-9H2. The number of benzene rings is 4. The highest BCUT2D eigenvalue weighted by Crippen LogP contribution is 2.58. The summed E-state index contributed by atoms with van der Waals surface area (Å²) < 4.78 is 12.7. The molecule has 1 spiro atoms. The van der Waals surface area contributed by atoms with Gasteiger partial charge in [-0.3, -0.25) is 0 Å². The molecule has 1 atom stereocenters. The number of fused-ring (bicyclic) bond motifs is 6. The van der Waals surface area contributed by atoms with Gasteiger partial charge in [0, 0.05) is 21.8 Å². The zero-order valence-corrected chi connectivity index (χ0v) is 21.1. The number of carbonyl (C=O) groups excluding carboxylic acids is 1. The van der Waals surface area contributed by atoms with Crippen LogP contribution in [0, 0.1) is 0 Å². The average molecular weight is 508 g/mol. The highest BCUT2D eigenvalue weighted by atomic mass is 35.5. The van der Waals surface area contributed by atoms with Crippen molar-refractivity contribution >= 4 is 28.9 Å². The lowest BCUT2D eigenvalue weighted by Crippen LogP contribution is -2.33. The van der Waals surface area contributed by atoms with Crippen LogP contribution in [0.2, 0.25) is 5.02 Å². The van der Waals surface area contributed by atoms with Gasteiger partial charge in [0.15, 0.2) is 5.60 Å². The van der Waals surface area contributed by atoms with Gasteiger partial charge in [-0.05, 0) is 72.9 Å². The summed E-state index contributed by atoms with van der Waals surface area (Å²) in [5.41, 5.74) is 4.97. The van der Waals surface area contributed by atoms with Gasteiger partial charge in [-0.15, -0.1) is 0 Å². The van der Waals surface area contributed by atoms with Crippen LogP contribution in [0.4, 0.5) is 11.4 Å². The fourth-order valence-electron chi connectivity index (χ4n) is 6.27. The maximum atomic E-state index is 13.2. The van der Waals surface area contributed by atoms with Crippen molar-refractivity contribution in [3.63, 3.8) is 0 Å². The van der Waals surface area contributed by atoms with E-state index in [1.807, 2.05) is 54.6 Å². The largest absolute Gasteiger partial charge is 0.456 e. The minimum absolute atomic E-state index is 0.349. The van der Waals surface area contributed by atoms with E-state index in [1.54, 1.807) is 6.07 Å². The van der Waals surface area contributed by atoms with Crippen LogP contribution in [0.15, 0.2) is 84.9 Å². The van der Waals surface area contributed by atoms with Gasteiger partial charge in [0.2, 0.25) is 0 Å². The highest BCUT2D eigenvalue weighted by molar-refractivity contribution is 6.30. The minimum Gasteiger partial charge on any atom is -0.456 e. The zero-order valence-electron chi connectivity index (χ0n) is 20.3. The average Bonchev–Trinajstić information content (AvgIpc) is 3.22. The monoisotopic (exact) mass is 507 g/mol. The second-order valence-electron chi connectivity index (χ2n) is 10.1. The summed E-state index contributed by atoms with van der Waals surface area (Å²) in [6, 6.07) is 27.7. The quantitative estimate of drug-likeness (QED) is 0.282. The molecule has 2 aliphatic heterocycles. The molecule has 0 saturated heterocycles. The third kappa shape index (κ3) is 3.54. The first kappa shape index (κ1) is 22.4. The van der Waals surface area contributed by atoms with Crippen molar-refractivity contribution in [1.82, 2.24) is 0 Å². The molecule has 184 valence electrons. The Kier molecular flexibility index (Phi) is 5.26. The fraction of sp³-hybridized carbons (Fsp3) is 0.219. The van der Waals surface area contributed by atoms with Crippen molar-refractivity contribution in [1.29, 1.82) is 0 Å². The maximum absolute atomic E-state index is 13.2. The molecule has 7 rings (SSSR count). The molecule has 0 aromatic heterocycles. The Balaban J connectivity index is 1.39. The number of carbonyl (C=O) groups is 1. The molecule has 2 heterocycles. The molecule has 4 aromatic rings. The van der Waals surface area contributed by atoms with Crippen molar-refractivity contribution in [3.05, 3.63) is 118 Å². The Hall–Kier alpha value is -3.76. The Morgan fingerprint density at radius 3 is 2.54 bits per heavy atom. The lowest BCUT2D eigenvalue weighted by atomic mass is 9.77. The molecule has 5 heteroatoms. The van der Waals surface area contributed by atoms with E-state index < -0.39 is 5.60 Å². The van der Waals surface area contributed by atoms with E-state index in [2.05, 4.69) is 29.6 Å². The van der Waals surface area contributed by atoms with E-state index in [9.17, 15) is 4.79 Å². The van der Waals surface area contributed by atoms with Crippen molar-refractivity contribution in [3.8, 4) is 11.5 Å². The molecular weight excluding hydrogens is 482 g/mol. The molecule has 1 fully saturated rings. The summed E-state index contributed by atoms with van der Waals surface area (Å²) in [5, 5.41) is 4.21. The molecule has 0 bridgehead atoms. The van der Waals surface area contributed by atoms with Gasteiger partial charge >= 0.3 is 5.97 Å². The van der Waals surface area contributed by atoms with Gasteiger partial charge in [-0.25, -0.2) is 4.79 Å². The summed E-state index contributed by atoms with van der Waals surface area (Å²) in [4.78, 5) is 13.2. The van der Waals surface area contributed by atoms with Crippen LogP contribution < -0.4 is 10.1 Å². The van der Waals surface area contributed by atoms with E-state index in [0.717, 1.165) is 28.1 Å². The Labute approximate surface area is 221 Å². The number of hydrogen-bond acceptors (Lipinski definition) is 4.